The maximum atomic E-state index is 13.5. The molecule has 1 saturated heterocycles. The summed E-state index contributed by atoms with van der Waals surface area (Å²) in [5.74, 6) is -0.607. The van der Waals surface area contributed by atoms with Crippen molar-refractivity contribution in [3.63, 3.8) is 0 Å². The number of aromatic nitrogens is 1. The Kier molecular flexibility index (Phi) is 5.79. The molecule has 2 aliphatic rings. The molecule has 2 fully saturated rings. The summed E-state index contributed by atoms with van der Waals surface area (Å²) < 4.78 is 44.7. The zero-order chi connectivity index (χ0) is 24.7. The Balaban J connectivity index is 1.53. The Morgan fingerprint density at radius 1 is 1.03 bits per heavy atom. The number of para-hydroxylation sites is 1. The Hall–Kier alpha value is -3.73. The number of hydrogen-bond acceptors (Lipinski definition) is 6. The van der Waals surface area contributed by atoms with Crippen LogP contribution in [0, 0.1) is 10.1 Å². The summed E-state index contributed by atoms with van der Waals surface area (Å²) in [7, 11) is 0. The van der Waals surface area contributed by atoms with Crippen LogP contribution in [-0.2, 0) is 6.18 Å². The number of carbonyl (C=O) groups excluding carboxylic acids is 1. The van der Waals surface area contributed by atoms with Gasteiger partial charge in [-0.05, 0) is 43.2 Å². The third-order valence-corrected chi connectivity index (χ3v) is 6.30. The summed E-state index contributed by atoms with van der Waals surface area (Å²) in [4.78, 5) is 32.8. The predicted molar refractivity (Wildman–Crippen MR) is 120 cm³/mol. The second kappa shape index (κ2) is 8.81. The SMILES string of the molecule is O=C(c1nc(-c2ccc(C(F)(F)F)cc2)oc1-c1ccccc1[N+](=O)[O-])N1CCN(C2CC2)CC1. The third-order valence-electron chi connectivity index (χ3n) is 6.30. The van der Waals surface area contributed by atoms with Crippen LogP contribution in [0.2, 0.25) is 0 Å². The first-order chi connectivity index (χ1) is 16.7. The molecule has 2 heterocycles. The van der Waals surface area contributed by atoms with Crippen LogP contribution in [0.5, 0.6) is 0 Å². The Labute approximate surface area is 198 Å². The molecule has 1 aliphatic carbocycles. The zero-order valence-corrected chi connectivity index (χ0v) is 18.5. The molecular weight excluding hydrogens is 465 g/mol. The normalized spacial score (nSPS) is 16.9. The fourth-order valence-corrected chi connectivity index (χ4v) is 4.28. The number of oxazole rings is 1. The van der Waals surface area contributed by atoms with Gasteiger partial charge in [0.1, 0.15) is 0 Å². The van der Waals surface area contributed by atoms with Crippen molar-refractivity contribution in [2.75, 3.05) is 26.2 Å². The average Bonchev–Trinajstić information content (AvgIpc) is 3.61. The van der Waals surface area contributed by atoms with Gasteiger partial charge >= 0.3 is 6.18 Å². The molecule has 35 heavy (non-hydrogen) atoms. The van der Waals surface area contributed by atoms with E-state index in [0.29, 0.717) is 19.1 Å². The van der Waals surface area contributed by atoms with Gasteiger partial charge in [-0.3, -0.25) is 19.8 Å². The van der Waals surface area contributed by atoms with E-state index in [0.717, 1.165) is 38.1 Å². The smallest absolute Gasteiger partial charge is 0.416 e. The van der Waals surface area contributed by atoms with E-state index in [2.05, 4.69) is 9.88 Å². The minimum Gasteiger partial charge on any atom is -0.435 e. The van der Waals surface area contributed by atoms with Gasteiger partial charge in [0.15, 0.2) is 11.5 Å². The van der Waals surface area contributed by atoms with Crippen LogP contribution in [0.15, 0.2) is 52.9 Å². The highest BCUT2D eigenvalue weighted by Crippen LogP contribution is 2.37. The van der Waals surface area contributed by atoms with E-state index in [1.165, 1.54) is 30.3 Å². The summed E-state index contributed by atoms with van der Waals surface area (Å²) in [6.07, 6.45) is -2.18. The molecule has 3 aromatic rings. The van der Waals surface area contributed by atoms with Crippen molar-refractivity contribution in [3.05, 3.63) is 69.9 Å². The number of alkyl halides is 3. The highest BCUT2D eigenvalue weighted by Gasteiger charge is 2.35. The summed E-state index contributed by atoms with van der Waals surface area (Å²) in [5.41, 5.74) is -0.917. The van der Waals surface area contributed by atoms with Crippen LogP contribution in [0.1, 0.15) is 28.9 Å². The molecule has 0 atom stereocenters. The van der Waals surface area contributed by atoms with Gasteiger partial charge in [0.05, 0.1) is 16.1 Å². The van der Waals surface area contributed by atoms with Crippen LogP contribution in [0.25, 0.3) is 22.8 Å². The van der Waals surface area contributed by atoms with Crippen molar-refractivity contribution < 1.29 is 27.3 Å². The van der Waals surface area contributed by atoms with Gasteiger partial charge in [-0.25, -0.2) is 4.98 Å². The van der Waals surface area contributed by atoms with E-state index >= 15 is 0 Å². The lowest BCUT2D eigenvalue weighted by molar-refractivity contribution is -0.384. The minimum atomic E-state index is -4.51. The van der Waals surface area contributed by atoms with Crippen LogP contribution < -0.4 is 0 Å². The van der Waals surface area contributed by atoms with Crippen molar-refractivity contribution in [2.45, 2.75) is 25.1 Å². The highest BCUT2D eigenvalue weighted by molar-refractivity contribution is 5.99. The molecule has 0 radical (unpaired) electrons. The van der Waals surface area contributed by atoms with Gasteiger partial charge in [-0.2, -0.15) is 13.2 Å². The quantitative estimate of drug-likeness (QED) is 0.378. The highest BCUT2D eigenvalue weighted by atomic mass is 19.4. The molecule has 1 amide bonds. The Morgan fingerprint density at radius 2 is 1.69 bits per heavy atom. The van der Waals surface area contributed by atoms with Crippen LogP contribution in [0.3, 0.4) is 0 Å². The fraction of sp³-hybridized carbons (Fsp3) is 0.333. The number of carbonyl (C=O) groups is 1. The number of halogens is 3. The van der Waals surface area contributed by atoms with E-state index in [1.54, 1.807) is 11.0 Å². The largest absolute Gasteiger partial charge is 0.435 e. The molecule has 1 saturated carbocycles. The molecule has 1 aliphatic heterocycles. The monoisotopic (exact) mass is 486 g/mol. The third kappa shape index (κ3) is 4.63. The second-order valence-corrected chi connectivity index (χ2v) is 8.61. The first-order valence-electron chi connectivity index (χ1n) is 11.2. The molecule has 0 bridgehead atoms. The molecule has 0 unspecified atom stereocenters. The number of rotatable bonds is 5. The van der Waals surface area contributed by atoms with E-state index in [-0.39, 0.29) is 34.2 Å². The number of hydrogen-bond donors (Lipinski definition) is 0. The number of nitro groups is 1. The molecule has 11 heteroatoms. The summed E-state index contributed by atoms with van der Waals surface area (Å²) in [6, 6.07) is 10.6. The van der Waals surface area contributed by atoms with Crippen molar-refractivity contribution in [1.29, 1.82) is 0 Å². The van der Waals surface area contributed by atoms with Crippen LogP contribution >= 0.6 is 0 Å². The van der Waals surface area contributed by atoms with Crippen LogP contribution in [-0.4, -0.2) is 57.8 Å². The molecule has 5 rings (SSSR count). The lowest BCUT2D eigenvalue weighted by atomic mass is 10.1. The van der Waals surface area contributed by atoms with Gasteiger partial charge in [0.2, 0.25) is 5.89 Å². The number of nitrogens with zero attached hydrogens (tertiary/aromatic N) is 4. The number of amides is 1. The predicted octanol–water partition coefficient (Wildman–Crippen LogP) is 4.86. The second-order valence-electron chi connectivity index (χ2n) is 8.61. The minimum absolute atomic E-state index is 0.0723. The first kappa shape index (κ1) is 23.0. The lowest BCUT2D eigenvalue weighted by Crippen LogP contribution is -2.49. The molecular formula is C24H21F3N4O4. The van der Waals surface area contributed by atoms with Gasteiger partial charge in [0, 0.05) is 43.9 Å². The molecule has 182 valence electrons. The fourth-order valence-electron chi connectivity index (χ4n) is 4.28. The number of piperazine rings is 1. The molecule has 8 nitrogen and oxygen atoms in total. The van der Waals surface area contributed by atoms with E-state index in [1.807, 2.05) is 0 Å². The maximum Gasteiger partial charge on any atom is 0.416 e. The number of nitro benzene ring substituents is 1. The maximum absolute atomic E-state index is 13.5. The average molecular weight is 486 g/mol. The Bertz CT molecular complexity index is 1260. The molecule has 0 spiro atoms. The standard InChI is InChI=1S/C24H21F3N4O4/c25-24(26,27)16-7-5-15(6-8-16)22-28-20(21(35-22)18-3-1-2-4-19(18)31(33)34)23(32)30-13-11-29(12-14-30)17-9-10-17/h1-8,17H,9-14H2. The molecule has 2 aromatic carbocycles. The van der Waals surface area contributed by atoms with Gasteiger partial charge in [-0.1, -0.05) is 12.1 Å². The van der Waals surface area contributed by atoms with Gasteiger partial charge < -0.3 is 9.32 Å². The van der Waals surface area contributed by atoms with E-state index < -0.39 is 22.6 Å². The molecule has 0 N–H and O–H groups in total. The van der Waals surface area contributed by atoms with Gasteiger partial charge in [-0.15, -0.1) is 0 Å². The lowest BCUT2D eigenvalue weighted by Gasteiger charge is -2.34. The Morgan fingerprint density at radius 3 is 2.29 bits per heavy atom. The van der Waals surface area contributed by atoms with Crippen molar-refractivity contribution in [1.82, 2.24) is 14.8 Å². The first-order valence-corrected chi connectivity index (χ1v) is 11.2. The summed E-state index contributed by atoms with van der Waals surface area (Å²) >= 11 is 0. The van der Waals surface area contributed by atoms with Gasteiger partial charge in [0.25, 0.3) is 11.6 Å². The summed E-state index contributed by atoms with van der Waals surface area (Å²) in [6.45, 7) is 2.41. The topological polar surface area (TPSA) is 92.7 Å². The van der Waals surface area contributed by atoms with Crippen molar-refractivity contribution in [2.24, 2.45) is 0 Å². The van der Waals surface area contributed by atoms with Crippen molar-refractivity contribution in [3.8, 4) is 22.8 Å². The van der Waals surface area contributed by atoms with Crippen molar-refractivity contribution >= 4 is 11.6 Å². The molecule has 1 aromatic heterocycles. The summed E-state index contributed by atoms with van der Waals surface area (Å²) in [5, 5.41) is 11.6. The van der Waals surface area contributed by atoms with Crippen LogP contribution in [0.4, 0.5) is 18.9 Å². The van der Waals surface area contributed by atoms with E-state index in [4.69, 9.17) is 4.42 Å². The zero-order valence-electron chi connectivity index (χ0n) is 18.5. The van der Waals surface area contributed by atoms with E-state index in [9.17, 15) is 28.1 Å². The number of benzene rings is 2.